The Balaban J connectivity index is 2.26. The van der Waals surface area contributed by atoms with Crippen molar-refractivity contribution >= 4 is 40.5 Å². The predicted molar refractivity (Wildman–Crippen MR) is 120 cm³/mol. The molecule has 4 unspecified atom stereocenters. The first-order chi connectivity index (χ1) is 16.0. The number of fused-ring (bicyclic) bond motifs is 1. The van der Waals surface area contributed by atoms with E-state index in [4.69, 9.17) is 16.6 Å². The molecule has 13 heteroatoms. The summed E-state index contributed by atoms with van der Waals surface area (Å²) in [5.41, 5.74) is 12.2. The van der Waals surface area contributed by atoms with Gasteiger partial charge >= 0.3 is 5.97 Å². The zero-order chi connectivity index (χ0) is 25.4. The number of carbonyl (C=O) groups is 5. The third-order valence-corrected chi connectivity index (χ3v) is 5.01. The fourth-order valence-corrected chi connectivity index (χ4v) is 3.19. The molecule has 4 amide bonds. The van der Waals surface area contributed by atoms with Crippen LogP contribution in [0.25, 0.3) is 10.9 Å². The smallest absolute Gasteiger partial charge is 0.322 e. The number of aliphatic hydroxyl groups is 1. The van der Waals surface area contributed by atoms with Crippen molar-refractivity contribution in [3.05, 3.63) is 36.0 Å². The van der Waals surface area contributed by atoms with Gasteiger partial charge in [0.05, 0.1) is 12.5 Å². The fraction of sp³-hybridized carbons (Fsp3) is 0.381. The number of aromatic amines is 1. The monoisotopic (exact) mass is 476 g/mol. The van der Waals surface area contributed by atoms with Crippen LogP contribution in [0.1, 0.15) is 18.9 Å². The number of rotatable bonds is 12. The van der Waals surface area contributed by atoms with Gasteiger partial charge in [-0.05, 0) is 18.6 Å². The maximum Gasteiger partial charge on any atom is 0.322 e. The van der Waals surface area contributed by atoms with Crippen LogP contribution in [0.2, 0.25) is 0 Å². The summed E-state index contributed by atoms with van der Waals surface area (Å²) in [7, 11) is 0. The van der Waals surface area contributed by atoms with E-state index in [2.05, 4.69) is 20.9 Å². The van der Waals surface area contributed by atoms with Crippen LogP contribution >= 0.6 is 0 Å². The van der Waals surface area contributed by atoms with Gasteiger partial charge in [-0.25, -0.2) is 0 Å². The molecular formula is C21H28N6O7. The maximum absolute atomic E-state index is 12.9. The van der Waals surface area contributed by atoms with Gasteiger partial charge in [-0.3, -0.25) is 24.0 Å². The Morgan fingerprint density at radius 3 is 2.29 bits per heavy atom. The number of aliphatic carboxylic acids is 1. The van der Waals surface area contributed by atoms with Crippen LogP contribution in [0.4, 0.5) is 0 Å². The second-order valence-electron chi connectivity index (χ2n) is 7.73. The molecule has 4 atom stereocenters. The number of aliphatic hydroxyl groups excluding tert-OH is 1. The van der Waals surface area contributed by atoms with E-state index in [9.17, 15) is 29.1 Å². The van der Waals surface area contributed by atoms with Gasteiger partial charge in [-0.1, -0.05) is 18.2 Å². The lowest BCUT2D eigenvalue weighted by Crippen LogP contribution is -2.58. The van der Waals surface area contributed by atoms with E-state index in [-0.39, 0.29) is 6.42 Å². The molecule has 1 aromatic carbocycles. The summed E-state index contributed by atoms with van der Waals surface area (Å²) < 4.78 is 0. The van der Waals surface area contributed by atoms with E-state index >= 15 is 0 Å². The molecule has 184 valence electrons. The van der Waals surface area contributed by atoms with Crippen molar-refractivity contribution in [2.45, 2.75) is 44.0 Å². The highest BCUT2D eigenvalue weighted by molar-refractivity contribution is 5.96. The lowest BCUT2D eigenvalue weighted by Gasteiger charge is -2.24. The first-order valence-electron chi connectivity index (χ1n) is 10.4. The number of carbonyl (C=O) groups excluding carboxylic acids is 4. The number of primary amides is 1. The second-order valence-corrected chi connectivity index (χ2v) is 7.73. The van der Waals surface area contributed by atoms with Crippen LogP contribution < -0.4 is 27.4 Å². The molecule has 0 saturated heterocycles. The SMILES string of the molecule is CC(O)C(N)C(=O)NC(CC(N)=O)C(=O)NC(Cc1c[nH]c2ccccc12)C(=O)NCC(=O)O. The van der Waals surface area contributed by atoms with E-state index in [1.807, 2.05) is 18.2 Å². The van der Waals surface area contributed by atoms with Crippen molar-refractivity contribution in [2.24, 2.45) is 11.5 Å². The zero-order valence-corrected chi connectivity index (χ0v) is 18.4. The van der Waals surface area contributed by atoms with Gasteiger partial charge < -0.3 is 42.6 Å². The Labute approximate surface area is 194 Å². The van der Waals surface area contributed by atoms with Gasteiger partial charge in [-0.15, -0.1) is 0 Å². The molecule has 1 aromatic heterocycles. The normalized spacial score (nSPS) is 14.4. The highest BCUT2D eigenvalue weighted by Gasteiger charge is 2.30. The molecule has 0 radical (unpaired) electrons. The number of aromatic nitrogens is 1. The summed E-state index contributed by atoms with van der Waals surface area (Å²) >= 11 is 0. The molecule has 0 fully saturated rings. The number of benzene rings is 1. The number of nitrogens with two attached hydrogens (primary N) is 2. The lowest BCUT2D eigenvalue weighted by atomic mass is 10.0. The van der Waals surface area contributed by atoms with Gasteiger partial charge in [-0.2, -0.15) is 0 Å². The molecule has 0 aliphatic carbocycles. The molecule has 0 spiro atoms. The highest BCUT2D eigenvalue weighted by Crippen LogP contribution is 2.19. The third kappa shape index (κ3) is 7.28. The average molecular weight is 476 g/mol. The Bertz CT molecular complexity index is 1070. The summed E-state index contributed by atoms with van der Waals surface area (Å²) in [5.74, 6) is -4.79. The van der Waals surface area contributed by atoms with Crippen LogP contribution in [0.15, 0.2) is 30.5 Å². The number of hydrogen-bond donors (Lipinski definition) is 8. The predicted octanol–water partition coefficient (Wildman–Crippen LogP) is -2.54. The Hall–Kier alpha value is -3.97. The molecule has 1 heterocycles. The quantitative estimate of drug-likeness (QED) is 0.162. The summed E-state index contributed by atoms with van der Waals surface area (Å²) in [4.78, 5) is 63.2. The maximum atomic E-state index is 12.9. The van der Waals surface area contributed by atoms with Crippen LogP contribution in [0.3, 0.4) is 0 Å². The Kier molecular flexibility index (Phi) is 9.10. The minimum atomic E-state index is -1.48. The third-order valence-electron chi connectivity index (χ3n) is 5.01. The molecule has 34 heavy (non-hydrogen) atoms. The van der Waals surface area contributed by atoms with Crippen LogP contribution in [-0.2, 0) is 30.4 Å². The van der Waals surface area contributed by atoms with Crippen molar-refractivity contribution in [2.75, 3.05) is 6.54 Å². The first-order valence-corrected chi connectivity index (χ1v) is 10.4. The molecule has 0 aliphatic rings. The van der Waals surface area contributed by atoms with Crippen LogP contribution in [0.5, 0.6) is 0 Å². The number of amides is 4. The van der Waals surface area contributed by atoms with Crippen molar-refractivity contribution in [3.63, 3.8) is 0 Å². The number of carboxylic acids is 1. The van der Waals surface area contributed by atoms with Gasteiger partial charge in [0.15, 0.2) is 0 Å². The summed E-state index contributed by atoms with van der Waals surface area (Å²) in [5, 5.41) is 26.0. The van der Waals surface area contributed by atoms with Crippen LogP contribution in [0, 0.1) is 0 Å². The number of H-pyrrole nitrogens is 1. The highest BCUT2D eigenvalue weighted by atomic mass is 16.4. The van der Waals surface area contributed by atoms with E-state index in [1.54, 1.807) is 12.3 Å². The molecule has 0 aliphatic heterocycles. The fourth-order valence-electron chi connectivity index (χ4n) is 3.19. The average Bonchev–Trinajstić information content (AvgIpc) is 3.18. The second kappa shape index (κ2) is 11.8. The molecule has 2 aromatic rings. The Morgan fingerprint density at radius 1 is 1.03 bits per heavy atom. The van der Waals surface area contributed by atoms with Crippen molar-refractivity contribution in [1.82, 2.24) is 20.9 Å². The van der Waals surface area contributed by atoms with Gasteiger partial charge in [0.1, 0.15) is 24.7 Å². The van der Waals surface area contributed by atoms with E-state index in [1.165, 1.54) is 6.92 Å². The van der Waals surface area contributed by atoms with E-state index < -0.39 is 66.8 Å². The molecule has 0 bridgehead atoms. The lowest BCUT2D eigenvalue weighted by molar-refractivity contribution is -0.138. The molecule has 13 nitrogen and oxygen atoms in total. The molecule has 0 saturated carbocycles. The summed E-state index contributed by atoms with van der Waals surface area (Å²) in [6.07, 6.45) is -0.195. The topological polar surface area (TPSA) is 230 Å². The van der Waals surface area contributed by atoms with E-state index in [0.717, 1.165) is 10.9 Å². The number of hydrogen-bond acceptors (Lipinski definition) is 7. The molecule has 10 N–H and O–H groups in total. The van der Waals surface area contributed by atoms with Crippen molar-refractivity contribution in [3.8, 4) is 0 Å². The largest absolute Gasteiger partial charge is 0.480 e. The number of nitrogens with one attached hydrogen (secondary N) is 4. The summed E-state index contributed by atoms with van der Waals surface area (Å²) in [6.45, 7) is 0.598. The number of para-hydroxylation sites is 1. The molecule has 2 rings (SSSR count). The number of carboxylic acid groups (broad SMARTS) is 1. The minimum absolute atomic E-state index is 0.0222. The van der Waals surface area contributed by atoms with Gasteiger partial charge in [0.25, 0.3) is 0 Å². The first kappa shape index (κ1) is 26.3. The Morgan fingerprint density at radius 2 is 1.68 bits per heavy atom. The van der Waals surface area contributed by atoms with Gasteiger partial charge in [0, 0.05) is 23.5 Å². The molecular weight excluding hydrogens is 448 g/mol. The minimum Gasteiger partial charge on any atom is -0.480 e. The van der Waals surface area contributed by atoms with Crippen LogP contribution in [-0.4, -0.2) is 75.6 Å². The van der Waals surface area contributed by atoms with E-state index in [0.29, 0.717) is 5.56 Å². The van der Waals surface area contributed by atoms with Gasteiger partial charge in [0.2, 0.25) is 23.6 Å². The van der Waals surface area contributed by atoms with Crippen molar-refractivity contribution < 1.29 is 34.2 Å². The standard InChI is InChI=1S/C21H28N6O7/c1-10(28)18(23)21(34)27-15(7-16(22)29)20(33)26-14(19(32)25-9-17(30)31)6-11-8-24-13-5-3-2-4-12(11)13/h2-5,8,10,14-15,18,24,28H,6-7,9,23H2,1H3,(H2,22,29)(H,25,32)(H,26,33)(H,27,34)(H,30,31). The van der Waals surface area contributed by atoms with Crippen molar-refractivity contribution in [1.29, 1.82) is 0 Å². The zero-order valence-electron chi connectivity index (χ0n) is 18.4. The summed E-state index contributed by atoms with van der Waals surface area (Å²) in [6, 6.07) is 3.14.